The van der Waals surface area contributed by atoms with Crippen molar-refractivity contribution < 1.29 is 14.0 Å². The van der Waals surface area contributed by atoms with Gasteiger partial charge in [-0.3, -0.25) is 19.5 Å². The van der Waals surface area contributed by atoms with Gasteiger partial charge in [0.1, 0.15) is 11.5 Å². The quantitative estimate of drug-likeness (QED) is 0.836. The third-order valence-corrected chi connectivity index (χ3v) is 4.23. The van der Waals surface area contributed by atoms with Crippen LogP contribution in [-0.2, 0) is 4.79 Å². The van der Waals surface area contributed by atoms with Gasteiger partial charge in [-0.25, -0.2) is 4.39 Å². The average Bonchev–Trinajstić information content (AvgIpc) is 2.64. The third kappa shape index (κ3) is 4.54. The number of rotatable bonds is 5. The molecule has 7 nitrogen and oxygen atoms in total. The number of aromatic nitrogens is 1. The second-order valence-electron chi connectivity index (χ2n) is 6.08. The molecule has 136 valence electrons. The number of pyridine rings is 1. The summed E-state index contributed by atoms with van der Waals surface area (Å²) in [6.07, 6.45) is 1.57. The van der Waals surface area contributed by atoms with E-state index < -0.39 is 5.91 Å². The molecule has 3 N–H and O–H groups in total. The van der Waals surface area contributed by atoms with Crippen LogP contribution in [0.1, 0.15) is 10.5 Å². The SMILES string of the molecule is NC(=O)c1cc(N2CCN(CC(=O)Nc3ccc(F)cc3)CC2)ccn1. The summed E-state index contributed by atoms with van der Waals surface area (Å²) < 4.78 is 12.9. The fourth-order valence-corrected chi connectivity index (χ4v) is 2.85. The van der Waals surface area contributed by atoms with Crippen LogP contribution < -0.4 is 16.0 Å². The van der Waals surface area contributed by atoms with Crippen LogP contribution in [0.3, 0.4) is 0 Å². The molecule has 0 spiro atoms. The highest BCUT2D eigenvalue weighted by Crippen LogP contribution is 2.17. The van der Waals surface area contributed by atoms with Crippen LogP contribution in [-0.4, -0.2) is 54.4 Å². The predicted octanol–water partition coefficient (Wildman–Crippen LogP) is 1.08. The maximum absolute atomic E-state index is 12.9. The summed E-state index contributed by atoms with van der Waals surface area (Å²) in [4.78, 5) is 31.5. The number of nitrogens with zero attached hydrogens (tertiary/aromatic N) is 3. The highest BCUT2D eigenvalue weighted by atomic mass is 19.1. The molecule has 26 heavy (non-hydrogen) atoms. The summed E-state index contributed by atoms with van der Waals surface area (Å²) in [6, 6.07) is 9.20. The lowest BCUT2D eigenvalue weighted by atomic mass is 10.2. The Balaban J connectivity index is 1.50. The van der Waals surface area contributed by atoms with Gasteiger partial charge in [-0.2, -0.15) is 0 Å². The largest absolute Gasteiger partial charge is 0.369 e. The maximum Gasteiger partial charge on any atom is 0.267 e. The zero-order valence-electron chi connectivity index (χ0n) is 14.2. The highest BCUT2D eigenvalue weighted by molar-refractivity contribution is 5.92. The Labute approximate surface area is 150 Å². The zero-order valence-corrected chi connectivity index (χ0v) is 14.2. The Morgan fingerprint density at radius 1 is 1.12 bits per heavy atom. The highest BCUT2D eigenvalue weighted by Gasteiger charge is 2.20. The first-order valence-electron chi connectivity index (χ1n) is 8.30. The normalized spacial score (nSPS) is 14.9. The van der Waals surface area contributed by atoms with Crippen molar-refractivity contribution in [2.45, 2.75) is 0 Å². The fourth-order valence-electron chi connectivity index (χ4n) is 2.85. The first-order valence-corrected chi connectivity index (χ1v) is 8.30. The van der Waals surface area contributed by atoms with Gasteiger partial charge in [-0.05, 0) is 36.4 Å². The van der Waals surface area contributed by atoms with Crippen molar-refractivity contribution in [1.29, 1.82) is 0 Å². The molecule has 0 saturated carbocycles. The third-order valence-electron chi connectivity index (χ3n) is 4.23. The number of hydrogen-bond donors (Lipinski definition) is 2. The van der Waals surface area contributed by atoms with Gasteiger partial charge in [0.2, 0.25) is 5.91 Å². The van der Waals surface area contributed by atoms with Gasteiger partial charge < -0.3 is 16.0 Å². The van der Waals surface area contributed by atoms with Crippen molar-refractivity contribution in [3.05, 3.63) is 54.1 Å². The van der Waals surface area contributed by atoms with Gasteiger partial charge in [0, 0.05) is 43.8 Å². The van der Waals surface area contributed by atoms with Crippen molar-refractivity contribution in [3.63, 3.8) is 0 Å². The van der Waals surface area contributed by atoms with Crippen LogP contribution >= 0.6 is 0 Å². The average molecular weight is 357 g/mol. The lowest BCUT2D eigenvalue weighted by Gasteiger charge is -2.35. The molecule has 1 aliphatic rings. The number of carbonyl (C=O) groups is 2. The van der Waals surface area contributed by atoms with Crippen LogP contribution in [0.5, 0.6) is 0 Å². The second kappa shape index (κ2) is 7.92. The van der Waals surface area contributed by atoms with E-state index in [1.54, 1.807) is 12.3 Å². The Bertz CT molecular complexity index is 788. The Morgan fingerprint density at radius 2 is 1.81 bits per heavy atom. The molecule has 0 radical (unpaired) electrons. The number of carbonyl (C=O) groups excluding carboxylic acids is 2. The molecule has 8 heteroatoms. The number of anilines is 2. The number of primary amides is 1. The molecule has 2 amide bonds. The molecule has 1 aliphatic heterocycles. The van der Waals surface area contributed by atoms with E-state index in [1.165, 1.54) is 24.3 Å². The van der Waals surface area contributed by atoms with Crippen LogP contribution in [0.2, 0.25) is 0 Å². The summed E-state index contributed by atoms with van der Waals surface area (Å²) in [5.74, 6) is -1.03. The van der Waals surface area contributed by atoms with Gasteiger partial charge in [0.05, 0.1) is 6.54 Å². The smallest absolute Gasteiger partial charge is 0.267 e. The number of benzene rings is 1. The summed E-state index contributed by atoms with van der Waals surface area (Å²) >= 11 is 0. The Morgan fingerprint density at radius 3 is 2.46 bits per heavy atom. The standard InChI is InChI=1S/C18H20FN5O2/c19-13-1-3-14(4-2-13)22-17(25)12-23-7-9-24(10-8-23)15-5-6-21-16(11-15)18(20)26/h1-6,11H,7-10,12H2,(H2,20,26)(H,22,25). The van der Waals surface area contributed by atoms with Crippen LogP contribution in [0, 0.1) is 5.82 Å². The second-order valence-corrected chi connectivity index (χ2v) is 6.08. The van der Waals surface area contributed by atoms with Crippen molar-refractivity contribution in [2.24, 2.45) is 5.73 Å². The molecule has 0 bridgehead atoms. The first-order chi connectivity index (χ1) is 12.5. The topological polar surface area (TPSA) is 91.6 Å². The number of halogens is 1. The van der Waals surface area contributed by atoms with Crippen molar-refractivity contribution in [3.8, 4) is 0 Å². The molecule has 2 heterocycles. The minimum Gasteiger partial charge on any atom is -0.369 e. The van der Waals surface area contributed by atoms with Gasteiger partial charge in [-0.15, -0.1) is 0 Å². The monoisotopic (exact) mass is 357 g/mol. The van der Waals surface area contributed by atoms with Gasteiger partial charge in [0.15, 0.2) is 0 Å². The number of nitrogens with two attached hydrogens (primary N) is 1. The fraction of sp³-hybridized carbons (Fsp3) is 0.278. The predicted molar refractivity (Wildman–Crippen MR) is 96.4 cm³/mol. The van der Waals surface area contributed by atoms with E-state index >= 15 is 0 Å². The first kappa shape index (κ1) is 17.8. The maximum atomic E-state index is 12.9. The van der Waals surface area contributed by atoms with Gasteiger partial charge >= 0.3 is 0 Å². The lowest BCUT2D eigenvalue weighted by molar-refractivity contribution is -0.117. The summed E-state index contributed by atoms with van der Waals surface area (Å²) in [5, 5.41) is 2.76. The molecule has 1 aromatic carbocycles. The number of amides is 2. The van der Waals surface area contributed by atoms with E-state index in [1.807, 2.05) is 11.0 Å². The van der Waals surface area contributed by atoms with Crippen molar-refractivity contribution in [1.82, 2.24) is 9.88 Å². The van der Waals surface area contributed by atoms with Crippen molar-refractivity contribution in [2.75, 3.05) is 42.9 Å². The number of nitrogens with one attached hydrogen (secondary N) is 1. The molecule has 3 rings (SSSR count). The van der Waals surface area contributed by atoms with Crippen molar-refractivity contribution >= 4 is 23.2 Å². The molecule has 2 aromatic rings. The van der Waals surface area contributed by atoms with Crippen LogP contribution in [0.4, 0.5) is 15.8 Å². The molecular weight excluding hydrogens is 337 g/mol. The van der Waals surface area contributed by atoms with E-state index in [4.69, 9.17) is 5.73 Å². The summed E-state index contributed by atoms with van der Waals surface area (Å²) in [6.45, 7) is 3.16. The van der Waals surface area contributed by atoms with Gasteiger partial charge in [-0.1, -0.05) is 0 Å². The molecule has 0 aliphatic carbocycles. The van der Waals surface area contributed by atoms with Gasteiger partial charge in [0.25, 0.3) is 5.91 Å². The Kier molecular flexibility index (Phi) is 5.43. The van der Waals surface area contributed by atoms with E-state index in [-0.39, 0.29) is 24.0 Å². The summed E-state index contributed by atoms with van der Waals surface area (Å²) in [5.41, 5.74) is 6.97. The number of hydrogen-bond acceptors (Lipinski definition) is 5. The van der Waals surface area contributed by atoms with E-state index in [9.17, 15) is 14.0 Å². The summed E-state index contributed by atoms with van der Waals surface area (Å²) in [7, 11) is 0. The number of piperazine rings is 1. The van der Waals surface area contributed by atoms with Crippen LogP contribution in [0.15, 0.2) is 42.6 Å². The molecular formula is C18H20FN5O2. The minimum absolute atomic E-state index is 0.134. The Hall–Kier alpha value is -3.00. The van der Waals surface area contributed by atoms with E-state index in [0.29, 0.717) is 18.8 Å². The lowest BCUT2D eigenvalue weighted by Crippen LogP contribution is -2.48. The molecule has 0 unspecified atom stereocenters. The zero-order chi connectivity index (χ0) is 18.5. The van der Waals surface area contributed by atoms with Crippen LogP contribution in [0.25, 0.3) is 0 Å². The molecule has 1 saturated heterocycles. The molecule has 1 aromatic heterocycles. The molecule has 1 fully saturated rings. The molecule has 0 atom stereocenters. The van der Waals surface area contributed by atoms with E-state index in [2.05, 4.69) is 15.2 Å². The minimum atomic E-state index is -0.553. The van der Waals surface area contributed by atoms with E-state index in [0.717, 1.165) is 18.8 Å².